The van der Waals surface area contributed by atoms with E-state index < -0.39 is 18.8 Å². The van der Waals surface area contributed by atoms with Crippen LogP contribution in [0.1, 0.15) is 5.56 Å². The van der Waals surface area contributed by atoms with Gasteiger partial charge in [0.1, 0.15) is 6.54 Å². The number of nitrogens with one attached hydrogen (secondary N) is 2. The molecule has 0 aliphatic heterocycles. The molecule has 0 aliphatic rings. The van der Waals surface area contributed by atoms with Crippen molar-refractivity contribution in [3.05, 3.63) is 26.6 Å². The monoisotopic (exact) mass is 388 g/mol. The number of carbonyl (C=O) groups excluding carboxylic acids is 1. The highest BCUT2D eigenvalue weighted by Gasteiger charge is 2.27. The molecule has 0 spiro atoms. The van der Waals surface area contributed by atoms with E-state index in [0.29, 0.717) is 14.6 Å². The first kappa shape index (κ1) is 15.3. The topological polar surface area (TPSA) is 41.1 Å². The first-order valence-electron chi connectivity index (χ1n) is 4.76. The van der Waals surface area contributed by atoms with Gasteiger partial charge in [-0.3, -0.25) is 0 Å². The smallest absolute Gasteiger partial charge is 0.329 e. The molecule has 100 valence electrons. The summed E-state index contributed by atoms with van der Waals surface area (Å²) < 4.78 is 36.9. The number of anilines is 1. The number of hydrogen-bond donors (Lipinski definition) is 2. The van der Waals surface area contributed by atoms with Gasteiger partial charge in [0, 0.05) is 8.95 Å². The fourth-order valence-electron chi connectivity index (χ4n) is 1.16. The molecule has 1 aromatic rings. The van der Waals surface area contributed by atoms with Crippen LogP contribution in [0.15, 0.2) is 21.1 Å². The van der Waals surface area contributed by atoms with Crippen LogP contribution >= 0.6 is 31.9 Å². The predicted molar refractivity (Wildman–Crippen MR) is 69.7 cm³/mol. The van der Waals surface area contributed by atoms with Gasteiger partial charge in [-0.1, -0.05) is 0 Å². The number of benzene rings is 1. The standard InChI is InChI=1S/C10H9Br2F3N2O/c1-5-2-6(11)8(7(12)3-5)17-9(18)16-4-10(13,14)15/h2-3H,4H2,1H3,(H2,16,17,18). The van der Waals surface area contributed by atoms with Gasteiger partial charge in [-0.25, -0.2) is 4.79 Å². The van der Waals surface area contributed by atoms with Crippen LogP contribution in [0, 0.1) is 6.92 Å². The van der Waals surface area contributed by atoms with E-state index in [2.05, 4.69) is 37.2 Å². The number of alkyl halides is 3. The molecule has 3 nitrogen and oxygen atoms in total. The van der Waals surface area contributed by atoms with Crippen LogP contribution in [0.2, 0.25) is 0 Å². The molecule has 8 heteroatoms. The minimum Gasteiger partial charge on any atom is -0.329 e. The lowest BCUT2D eigenvalue weighted by atomic mass is 10.2. The molecule has 0 unspecified atom stereocenters. The molecular weight excluding hydrogens is 381 g/mol. The van der Waals surface area contributed by atoms with Crippen LogP contribution < -0.4 is 10.6 Å². The Bertz CT molecular complexity index is 440. The van der Waals surface area contributed by atoms with Gasteiger partial charge in [0.15, 0.2) is 0 Å². The van der Waals surface area contributed by atoms with Crippen molar-refractivity contribution in [2.24, 2.45) is 0 Å². The molecule has 1 aromatic carbocycles. The Hall–Kier alpha value is -0.760. The summed E-state index contributed by atoms with van der Waals surface area (Å²) in [6, 6.07) is 2.56. The molecule has 0 aliphatic carbocycles. The highest BCUT2D eigenvalue weighted by Crippen LogP contribution is 2.32. The van der Waals surface area contributed by atoms with Gasteiger partial charge in [-0.05, 0) is 56.5 Å². The summed E-state index contributed by atoms with van der Waals surface area (Å²) in [5, 5.41) is 4.06. The van der Waals surface area contributed by atoms with Crippen molar-refractivity contribution in [2.75, 3.05) is 11.9 Å². The van der Waals surface area contributed by atoms with Crippen molar-refractivity contribution in [1.82, 2.24) is 5.32 Å². The molecule has 0 radical (unpaired) electrons. The van der Waals surface area contributed by atoms with Gasteiger partial charge in [0.25, 0.3) is 0 Å². The normalized spacial score (nSPS) is 11.2. The summed E-state index contributed by atoms with van der Waals surface area (Å²) in [5.41, 5.74) is 1.32. The SMILES string of the molecule is Cc1cc(Br)c(NC(=O)NCC(F)(F)F)c(Br)c1. The lowest BCUT2D eigenvalue weighted by Crippen LogP contribution is -2.36. The maximum Gasteiger partial charge on any atom is 0.405 e. The van der Waals surface area contributed by atoms with Gasteiger partial charge in [0.05, 0.1) is 5.69 Å². The zero-order valence-electron chi connectivity index (χ0n) is 9.16. The van der Waals surface area contributed by atoms with Crippen LogP contribution in [0.25, 0.3) is 0 Å². The van der Waals surface area contributed by atoms with Gasteiger partial charge in [0.2, 0.25) is 0 Å². The molecule has 18 heavy (non-hydrogen) atoms. The molecule has 0 aromatic heterocycles. The van der Waals surface area contributed by atoms with Gasteiger partial charge in [-0.2, -0.15) is 13.2 Å². The first-order chi connectivity index (χ1) is 8.19. The number of amides is 2. The predicted octanol–water partition coefficient (Wildman–Crippen LogP) is 4.20. The van der Waals surface area contributed by atoms with Crippen LogP contribution in [0.5, 0.6) is 0 Å². The van der Waals surface area contributed by atoms with E-state index in [1.54, 1.807) is 17.4 Å². The molecule has 2 N–H and O–H groups in total. The number of hydrogen-bond acceptors (Lipinski definition) is 1. The van der Waals surface area contributed by atoms with Crippen molar-refractivity contribution < 1.29 is 18.0 Å². The summed E-state index contributed by atoms with van der Waals surface area (Å²) in [5.74, 6) is 0. The average molecular weight is 390 g/mol. The lowest BCUT2D eigenvalue weighted by molar-refractivity contribution is -0.122. The van der Waals surface area contributed by atoms with Crippen LogP contribution in [-0.2, 0) is 0 Å². The van der Waals surface area contributed by atoms with Crippen molar-refractivity contribution in [3.63, 3.8) is 0 Å². The van der Waals surface area contributed by atoms with Gasteiger partial charge >= 0.3 is 12.2 Å². The summed E-state index contributed by atoms with van der Waals surface area (Å²) in [6.45, 7) is 0.475. The largest absolute Gasteiger partial charge is 0.405 e. The molecule has 0 bridgehead atoms. The van der Waals surface area contributed by atoms with Crippen LogP contribution in [0.4, 0.5) is 23.7 Å². The molecular formula is C10H9Br2F3N2O. The zero-order valence-corrected chi connectivity index (χ0v) is 12.3. The molecule has 1 rings (SSSR count). The van der Waals surface area contributed by atoms with Crippen molar-refractivity contribution in [1.29, 1.82) is 0 Å². The van der Waals surface area contributed by atoms with Crippen molar-refractivity contribution in [2.45, 2.75) is 13.1 Å². The van der Waals surface area contributed by atoms with Gasteiger partial charge in [-0.15, -0.1) is 0 Å². The molecule has 0 atom stereocenters. The number of aryl methyl sites for hydroxylation is 1. The second-order valence-electron chi connectivity index (χ2n) is 3.53. The lowest BCUT2D eigenvalue weighted by Gasteiger charge is -2.12. The van der Waals surface area contributed by atoms with E-state index >= 15 is 0 Å². The molecule has 0 fully saturated rings. The third-order valence-corrected chi connectivity index (χ3v) is 3.13. The van der Waals surface area contributed by atoms with E-state index in [-0.39, 0.29) is 0 Å². The Morgan fingerprint density at radius 2 is 1.78 bits per heavy atom. The first-order valence-corrected chi connectivity index (χ1v) is 6.35. The number of halogens is 5. The maximum atomic E-state index is 11.9. The third kappa shape index (κ3) is 4.85. The minimum atomic E-state index is -4.43. The summed E-state index contributed by atoms with van der Waals surface area (Å²) in [6.07, 6.45) is -4.43. The molecule has 0 saturated carbocycles. The summed E-state index contributed by atoms with van der Waals surface area (Å²) in [7, 11) is 0. The number of rotatable bonds is 2. The minimum absolute atomic E-state index is 0.375. The van der Waals surface area contributed by atoms with Crippen molar-refractivity contribution in [3.8, 4) is 0 Å². The highest BCUT2D eigenvalue weighted by atomic mass is 79.9. The fourth-order valence-corrected chi connectivity index (χ4v) is 2.77. The molecule has 0 saturated heterocycles. The van der Waals surface area contributed by atoms with Crippen molar-refractivity contribution >= 4 is 43.6 Å². The second kappa shape index (κ2) is 5.92. The Kier molecular flexibility index (Phi) is 5.03. The van der Waals surface area contributed by atoms with E-state index in [0.717, 1.165) is 5.56 Å². The zero-order chi connectivity index (χ0) is 13.9. The van der Waals surface area contributed by atoms with E-state index in [9.17, 15) is 18.0 Å². The molecule has 0 heterocycles. The Morgan fingerprint density at radius 1 is 1.28 bits per heavy atom. The fraction of sp³-hybridized carbons (Fsp3) is 0.300. The number of urea groups is 1. The Balaban J connectivity index is 2.71. The maximum absolute atomic E-state index is 11.9. The van der Waals surface area contributed by atoms with E-state index in [4.69, 9.17) is 0 Å². The summed E-state index contributed by atoms with van der Waals surface area (Å²) >= 11 is 6.44. The second-order valence-corrected chi connectivity index (χ2v) is 5.24. The molecule has 2 amide bonds. The Labute approximate surface area is 118 Å². The Morgan fingerprint density at radius 3 is 2.22 bits per heavy atom. The highest BCUT2D eigenvalue weighted by molar-refractivity contribution is 9.11. The van der Waals surface area contributed by atoms with Gasteiger partial charge < -0.3 is 10.6 Å². The average Bonchev–Trinajstić information content (AvgIpc) is 2.19. The van der Waals surface area contributed by atoms with Crippen LogP contribution in [-0.4, -0.2) is 18.8 Å². The van der Waals surface area contributed by atoms with E-state index in [1.165, 1.54) is 0 Å². The van der Waals surface area contributed by atoms with E-state index in [1.807, 2.05) is 6.92 Å². The quantitative estimate of drug-likeness (QED) is 0.781. The van der Waals surface area contributed by atoms with Crippen LogP contribution in [0.3, 0.4) is 0 Å². The summed E-state index contributed by atoms with van der Waals surface area (Å²) in [4.78, 5) is 11.3. The number of carbonyl (C=O) groups is 1. The third-order valence-electron chi connectivity index (χ3n) is 1.87.